The summed E-state index contributed by atoms with van der Waals surface area (Å²) in [6.45, 7) is 3.92. The topological polar surface area (TPSA) is 75.4 Å². The highest BCUT2D eigenvalue weighted by molar-refractivity contribution is 7.90. The summed E-state index contributed by atoms with van der Waals surface area (Å²) in [5, 5.41) is 0. The third-order valence-electron chi connectivity index (χ3n) is 2.82. The first-order valence-electron chi connectivity index (χ1n) is 6.03. The molecule has 6 heteroatoms. The molecule has 100 valence electrons. The van der Waals surface area contributed by atoms with Crippen LogP contribution in [-0.2, 0) is 16.6 Å². The monoisotopic (exact) mass is 269 g/mol. The standard InChI is InChI=1S/C12H19N3O2S/c1-9(2)14-18(16,17)15-8-11(13)7-10-5-3-4-6-12(10)15/h3-6,9,11,14H,7-8,13H2,1-2H3. The van der Waals surface area contributed by atoms with E-state index in [0.29, 0.717) is 13.0 Å². The fourth-order valence-corrected chi connectivity index (χ4v) is 3.72. The third-order valence-corrected chi connectivity index (χ3v) is 4.51. The number of hydrogen-bond donors (Lipinski definition) is 2. The molecule has 0 saturated heterocycles. The highest BCUT2D eigenvalue weighted by Gasteiger charge is 2.30. The van der Waals surface area contributed by atoms with Crippen molar-refractivity contribution in [3.63, 3.8) is 0 Å². The second-order valence-electron chi connectivity index (χ2n) is 4.90. The Morgan fingerprint density at radius 3 is 2.72 bits per heavy atom. The molecule has 1 aliphatic heterocycles. The van der Waals surface area contributed by atoms with Crippen molar-refractivity contribution < 1.29 is 8.42 Å². The molecular formula is C12H19N3O2S. The minimum atomic E-state index is -3.53. The molecule has 3 N–H and O–H groups in total. The van der Waals surface area contributed by atoms with E-state index in [-0.39, 0.29) is 12.1 Å². The molecular weight excluding hydrogens is 250 g/mol. The fourth-order valence-electron chi connectivity index (χ4n) is 2.17. The van der Waals surface area contributed by atoms with Gasteiger partial charge in [-0.05, 0) is 31.9 Å². The Bertz CT molecular complexity index is 528. The van der Waals surface area contributed by atoms with Crippen LogP contribution in [0.4, 0.5) is 5.69 Å². The van der Waals surface area contributed by atoms with E-state index < -0.39 is 10.2 Å². The molecule has 1 aromatic carbocycles. The molecule has 0 amide bonds. The molecule has 18 heavy (non-hydrogen) atoms. The predicted molar refractivity (Wildman–Crippen MR) is 72.7 cm³/mol. The van der Waals surface area contributed by atoms with E-state index in [4.69, 9.17) is 5.73 Å². The second kappa shape index (κ2) is 4.87. The van der Waals surface area contributed by atoms with Crippen LogP contribution in [0.1, 0.15) is 19.4 Å². The van der Waals surface area contributed by atoms with E-state index in [1.807, 2.05) is 24.3 Å². The second-order valence-corrected chi connectivity index (χ2v) is 6.53. The summed E-state index contributed by atoms with van der Waals surface area (Å²) in [6, 6.07) is 7.18. The number of nitrogens with zero attached hydrogens (tertiary/aromatic N) is 1. The molecule has 1 aromatic rings. The van der Waals surface area contributed by atoms with Gasteiger partial charge in [-0.1, -0.05) is 18.2 Å². The minimum absolute atomic E-state index is 0.139. The number of para-hydroxylation sites is 1. The Balaban J connectivity index is 2.40. The maximum absolute atomic E-state index is 12.3. The van der Waals surface area contributed by atoms with Crippen molar-refractivity contribution in [2.75, 3.05) is 10.8 Å². The van der Waals surface area contributed by atoms with Crippen molar-refractivity contribution in [1.82, 2.24) is 4.72 Å². The number of fused-ring (bicyclic) bond motifs is 1. The van der Waals surface area contributed by atoms with Gasteiger partial charge in [-0.15, -0.1) is 0 Å². The number of rotatable bonds is 3. The van der Waals surface area contributed by atoms with Crippen molar-refractivity contribution in [2.45, 2.75) is 32.4 Å². The molecule has 0 radical (unpaired) electrons. The van der Waals surface area contributed by atoms with Gasteiger partial charge >= 0.3 is 10.2 Å². The van der Waals surface area contributed by atoms with Gasteiger partial charge < -0.3 is 5.73 Å². The average molecular weight is 269 g/mol. The molecule has 0 aromatic heterocycles. The zero-order chi connectivity index (χ0) is 13.3. The van der Waals surface area contributed by atoms with Crippen molar-refractivity contribution in [3.05, 3.63) is 29.8 Å². The number of nitrogens with one attached hydrogen (secondary N) is 1. The molecule has 0 spiro atoms. The van der Waals surface area contributed by atoms with E-state index in [9.17, 15) is 8.42 Å². The van der Waals surface area contributed by atoms with Crippen LogP contribution in [0.2, 0.25) is 0 Å². The fraction of sp³-hybridized carbons (Fsp3) is 0.500. The lowest BCUT2D eigenvalue weighted by Gasteiger charge is -2.34. The van der Waals surface area contributed by atoms with Crippen molar-refractivity contribution in [1.29, 1.82) is 0 Å². The van der Waals surface area contributed by atoms with Gasteiger partial charge in [-0.3, -0.25) is 4.31 Å². The quantitative estimate of drug-likeness (QED) is 0.844. The van der Waals surface area contributed by atoms with Crippen LogP contribution in [-0.4, -0.2) is 27.0 Å². The van der Waals surface area contributed by atoms with Crippen LogP contribution >= 0.6 is 0 Å². The number of anilines is 1. The molecule has 1 unspecified atom stereocenters. The molecule has 1 atom stereocenters. The minimum Gasteiger partial charge on any atom is -0.326 e. The third kappa shape index (κ3) is 2.66. The Morgan fingerprint density at radius 1 is 1.39 bits per heavy atom. The van der Waals surface area contributed by atoms with Crippen LogP contribution in [0, 0.1) is 0 Å². The molecule has 1 aliphatic rings. The van der Waals surface area contributed by atoms with Crippen molar-refractivity contribution in [3.8, 4) is 0 Å². The molecule has 0 fully saturated rings. The molecule has 0 saturated carbocycles. The van der Waals surface area contributed by atoms with Gasteiger partial charge in [0.25, 0.3) is 0 Å². The summed E-state index contributed by atoms with van der Waals surface area (Å²) in [5.74, 6) is 0. The lowest BCUT2D eigenvalue weighted by atomic mass is 10.0. The Kier molecular flexibility index (Phi) is 3.61. The van der Waals surface area contributed by atoms with Gasteiger partial charge in [0.1, 0.15) is 0 Å². The SMILES string of the molecule is CC(C)NS(=O)(=O)N1CC(N)Cc2ccccc21. The van der Waals surface area contributed by atoms with Crippen LogP contribution < -0.4 is 14.8 Å². The summed E-state index contributed by atoms with van der Waals surface area (Å²) < 4.78 is 28.5. The van der Waals surface area contributed by atoms with Gasteiger partial charge in [-0.2, -0.15) is 13.1 Å². The van der Waals surface area contributed by atoms with E-state index >= 15 is 0 Å². The smallest absolute Gasteiger partial charge is 0.301 e. The molecule has 5 nitrogen and oxygen atoms in total. The first kappa shape index (κ1) is 13.3. The largest absolute Gasteiger partial charge is 0.326 e. The molecule has 0 bridgehead atoms. The normalized spacial score (nSPS) is 20.0. The van der Waals surface area contributed by atoms with Crippen LogP contribution in [0.5, 0.6) is 0 Å². The summed E-state index contributed by atoms with van der Waals surface area (Å²) >= 11 is 0. The zero-order valence-corrected chi connectivity index (χ0v) is 11.4. The maximum Gasteiger partial charge on any atom is 0.301 e. The van der Waals surface area contributed by atoms with E-state index in [1.165, 1.54) is 4.31 Å². The summed E-state index contributed by atoms with van der Waals surface area (Å²) in [7, 11) is -3.53. The lowest BCUT2D eigenvalue weighted by Crippen LogP contribution is -2.51. The van der Waals surface area contributed by atoms with Crippen LogP contribution in [0.3, 0.4) is 0 Å². The lowest BCUT2D eigenvalue weighted by molar-refractivity contribution is 0.552. The van der Waals surface area contributed by atoms with E-state index in [1.54, 1.807) is 13.8 Å². The molecule has 2 rings (SSSR count). The van der Waals surface area contributed by atoms with Gasteiger partial charge in [0.05, 0.1) is 12.2 Å². The maximum atomic E-state index is 12.3. The van der Waals surface area contributed by atoms with Crippen molar-refractivity contribution >= 4 is 15.9 Å². The Labute approximate surface area is 108 Å². The van der Waals surface area contributed by atoms with Gasteiger partial charge in [-0.25, -0.2) is 0 Å². The summed E-state index contributed by atoms with van der Waals surface area (Å²) in [4.78, 5) is 0. The Hall–Kier alpha value is -1.11. The van der Waals surface area contributed by atoms with Crippen molar-refractivity contribution in [2.24, 2.45) is 5.73 Å². The molecule has 0 aliphatic carbocycles. The highest BCUT2D eigenvalue weighted by Crippen LogP contribution is 2.28. The van der Waals surface area contributed by atoms with Crippen LogP contribution in [0.15, 0.2) is 24.3 Å². The van der Waals surface area contributed by atoms with Gasteiger partial charge in [0.15, 0.2) is 0 Å². The number of benzene rings is 1. The average Bonchev–Trinajstić information content (AvgIpc) is 2.26. The zero-order valence-electron chi connectivity index (χ0n) is 10.6. The first-order chi connectivity index (χ1) is 8.40. The van der Waals surface area contributed by atoms with E-state index in [0.717, 1.165) is 11.3 Å². The number of nitrogens with two attached hydrogens (primary N) is 1. The summed E-state index contributed by atoms with van der Waals surface area (Å²) in [5.41, 5.74) is 7.64. The van der Waals surface area contributed by atoms with Gasteiger partial charge in [0.2, 0.25) is 0 Å². The van der Waals surface area contributed by atoms with E-state index in [2.05, 4.69) is 4.72 Å². The summed E-state index contributed by atoms with van der Waals surface area (Å²) in [6.07, 6.45) is 0.712. The number of hydrogen-bond acceptors (Lipinski definition) is 3. The first-order valence-corrected chi connectivity index (χ1v) is 7.47. The molecule has 1 heterocycles. The van der Waals surface area contributed by atoms with Gasteiger partial charge in [0, 0.05) is 12.1 Å². The predicted octanol–water partition coefficient (Wildman–Crippen LogP) is 0.619. The Morgan fingerprint density at radius 2 is 2.06 bits per heavy atom. The van der Waals surface area contributed by atoms with Crippen LogP contribution in [0.25, 0.3) is 0 Å². The highest BCUT2D eigenvalue weighted by atomic mass is 32.2.